The first kappa shape index (κ1) is 30.8. The molecule has 1 aliphatic heterocycles. The van der Waals surface area contributed by atoms with Crippen molar-refractivity contribution in [2.75, 3.05) is 35.0 Å². The standard InChI is InChI=1S/C34H37NO6S2/c1-22-7-12-26(13-8-22)42(36)34-25(11-16-30(38-3)33(34)41-6)19-29-28-21-32(40-5)31(39-4)20-24(28)17-18-35(29)43(37)27-14-9-23(2)10-15-27/h7-16,20-21,29H,17-19H2,1-6H3/t29-,42?,43?/m0/s1. The fourth-order valence-electron chi connectivity index (χ4n) is 5.50. The van der Waals surface area contributed by atoms with Gasteiger partial charge in [-0.25, -0.2) is 12.7 Å². The molecule has 0 radical (unpaired) electrons. The highest BCUT2D eigenvalue weighted by Crippen LogP contribution is 2.44. The van der Waals surface area contributed by atoms with E-state index in [2.05, 4.69) is 0 Å². The molecular formula is C34H37NO6S2. The van der Waals surface area contributed by atoms with E-state index in [1.54, 1.807) is 28.4 Å². The molecule has 0 saturated carbocycles. The average molecular weight is 620 g/mol. The molecule has 3 atom stereocenters. The van der Waals surface area contributed by atoms with Crippen molar-refractivity contribution in [3.8, 4) is 23.0 Å². The van der Waals surface area contributed by atoms with Crippen molar-refractivity contribution in [3.05, 3.63) is 101 Å². The van der Waals surface area contributed by atoms with Gasteiger partial charge in [-0.05, 0) is 85.8 Å². The van der Waals surface area contributed by atoms with Crippen LogP contribution in [0.4, 0.5) is 0 Å². The van der Waals surface area contributed by atoms with E-state index in [1.807, 2.05) is 90.9 Å². The van der Waals surface area contributed by atoms with Gasteiger partial charge in [-0.3, -0.25) is 0 Å². The number of methoxy groups -OCH3 is 4. The molecule has 0 aromatic heterocycles. The Bertz CT molecular complexity index is 1650. The lowest BCUT2D eigenvalue weighted by Gasteiger charge is -2.37. The molecule has 0 saturated heterocycles. The normalized spacial score (nSPS) is 16.2. The molecule has 5 rings (SSSR count). The third-order valence-electron chi connectivity index (χ3n) is 7.80. The molecule has 1 heterocycles. The number of ether oxygens (including phenoxy) is 4. The van der Waals surface area contributed by atoms with Crippen molar-refractivity contribution in [1.82, 2.24) is 4.31 Å². The monoisotopic (exact) mass is 619 g/mol. The van der Waals surface area contributed by atoms with Crippen molar-refractivity contribution in [2.24, 2.45) is 0 Å². The minimum absolute atomic E-state index is 0.322. The second-order valence-corrected chi connectivity index (χ2v) is 13.3. The molecule has 0 aliphatic carbocycles. The lowest BCUT2D eigenvalue weighted by Crippen LogP contribution is -2.38. The van der Waals surface area contributed by atoms with Gasteiger partial charge in [0.05, 0.1) is 55.1 Å². The van der Waals surface area contributed by atoms with Crippen molar-refractivity contribution in [2.45, 2.75) is 47.4 Å². The Balaban J connectivity index is 1.67. The predicted octanol–water partition coefficient (Wildman–Crippen LogP) is 6.37. The van der Waals surface area contributed by atoms with Gasteiger partial charge >= 0.3 is 0 Å². The Hall–Kier alpha value is -3.66. The summed E-state index contributed by atoms with van der Waals surface area (Å²) in [6.07, 6.45) is 1.12. The molecule has 2 unspecified atom stereocenters. The molecule has 0 fully saturated rings. The lowest BCUT2D eigenvalue weighted by molar-refractivity contribution is 0.312. The van der Waals surface area contributed by atoms with Gasteiger partial charge in [-0.1, -0.05) is 41.5 Å². The highest BCUT2D eigenvalue weighted by molar-refractivity contribution is 7.85. The molecule has 7 nitrogen and oxygen atoms in total. The Labute approximate surface area is 258 Å². The Morgan fingerprint density at radius 3 is 1.88 bits per heavy atom. The summed E-state index contributed by atoms with van der Waals surface area (Å²) in [7, 11) is 3.35. The minimum atomic E-state index is -1.57. The van der Waals surface area contributed by atoms with Crippen LogP contribution in [0, 0.1) is 13.8 Å². The summed E-state index contributed by atoms with van der Waals surface area (Å²) in [5.41, 5.74) is 5.09. The van der Waals surface area contributed by atoms with Crippen LogP contribution < -0.4 is 18.9 Å². The molecule has 0 amide bonds. The highest BCUT2D eigenvalue weighted by atomic mass is 32.2. The maximum Gasteiger partial charge on any atom is 0.177 e. The van der Waals surface area contributed by atoms with Gasteiger partial charge in [-0.15, -0.1) is 0 Å². The van der Waals surface area contributed by atoms with E-state index < -0.39 is 21.8 Å². The van der Waals surface area contributed by atoms with Crippen molar-refractivity contribution in [3.63, 3.8) is 0 Å². The quantitative estimate of drug-likeness (QED) is 0.206. The first-order valence-electron chi connectivity index (χ1n) is 14.0. The van der Waals surface area contributed by atoms with Crippen molar-refractivity contribution in [1.29, 1.82) is 0 Å². The minimum Gasteiger partial charge on any atom is -0.493 e. The second-order valence-electron chi connectivity index (χ2n) is 10.4. The van der Waals surface area contributed by atoms with E-state index in [-0.39, 0.29) is 6.04 Å². The van der Waals surface area contributed by atoms with Crippen LogP contribution in [0.15, 0.2) is 87.5 Å². The van der Waals surface area contributed by atoms with E-state index >= 15 is 0 Å². The summed E-state index contributed by atoms with van der Waals surface area (Å²) < 4.78 is 53.2. The molecule has 0 N–H and O–H groups in total. The molecular weight excluding hydrogens is 583 g/mol. The molecule has 226 valence electrons. The van der Waals surface area contributed by atoms with E-state index in [4.69, 9.17) is 18.9 Å². The molecule has 1 aliphatic rings. The van der Waals surface area contributed by atoms with Crippen molar-refractivity contribution < 1.29 is 27.4 Å². The van der Waals surface area contributed by atoms with Crippen LogP contribution >= 0.6 is 0 Å². The van der Waals surface area contributed by atoms with Gasteiger partial charge in [0.25, 0.3) is 0 Å². The van der Waals surface area contributed by atoms with Gasteiger partial charge in [0, 0.05) is 11.4 Å². The zero-order valence-corrected chi connectivity index (χ0v) is 27.0. The second kappa shape index (κ2) is 13.3. The summed E-state index contributed by atoms with van der Waals surface area (Å²) in [6.45, 7) is 4.58. The molecule has 4 aromatic carbocycles. The molecule has 43 heavy (non-hydrogen) atoms. The van der Waals surface area contributed by atoms with Crippen LogP contribution in [0.25, 0.3) is 0 Å². The smallest absolute Gasteiger partial charge is 0.177 e. The van der Waals surface area contributed by atoms with Crippen LogP contribution in [0.1, 0.15) is 33.9 Å². The van der Waals surface area contributed by atoms with E-state index in [9.17, 15) is 8.42 Å². The molecule has 4 aromatic rings. The molecule has 0 bridgehead atoms. The fourth-order valence-corrected chi connectivity index (χ4v) is 8.17. The fraction of sp³-hybridized carbons (Fsp3) is 0.294. The maximum atomic E-state index is 14.2. The number of aryl methyl sites for hydroxylation is 2. The van der Waals surface area contributed by atoms with E-state index in [0.29, 0.717) is 52.2 Å². The van der Waals surface area contributed by atoms with E-state index in [1.165, 1.54) is 0 Å². The Morgan fingerprint density at radius 1 is 0.721 bits per heavy atom. The van der Waals surface area contributed by atoms with Crippen LogP contribution in [0.5, 0.6) is 23.0 Å². The number of hydrogen-bond acceptors (Lipinski definition) is 6. The number of fused-ring (bicyclic) bond motifs is 1. The van der Waals surface area contributed by atoms with Gasteiger partial charge in [0.2, 0.25) is 0 Å². The Kier molecular flexibility index (Phi) is 9.54. The molecule has 0 spiro atoms. The summed E-state index contributed by atoms with van der Waals surface area (Å²) in [4.78, 5) is 1.93. The van der Waals surface area contributed by atoms with Crippen LogP contribution in [0.3, 0.4) is 0 Å². The van der Waals surface area contributed by atoms with Crippen LogP contribution in [-0.2, 0) is 34.6 Å². The highest BCUT2D eigenvalue weighted by Gasteiger charge is 2.35. The van der Waals surface area contributed by atoms with Crippen molar-refractivity contribution >= 4 is 21.8 Å². The summed E-state index contributed by atoms with van der Waals surface area (Å²) in [5.74, 6) is 2.18. The average Bonchev–Trinajstić information content (AvgIpc) is 3.03. The van der Waals surface area contributed by atoms with Crippen LogP contribution in [-0.4, -0.2) is 47.7 Å². The number of nitrogens with zero attached hydrogens (tertiary/aromatic N) is 1. The largest absolute Gasteiger partial charge is 0.493 e. The predicted molar refractivity (Wildman–Crippen MR) is 169 cm³/mol. The molecule has 9 heteroatoms. The summed E-state index contributed by atoms with van der Waals surface area (Å²) in [6, 6.07) is 22.9. The summed E-state index contributed by atoms with van der Waals surface area (Å²) >= 11 is 0. The number of benzene rings is 4. The SMILES string of the molecule is COc1cc2c(cc1OC)[C@H](Cc1ccc(OC)c(OC)c1S(=O)c1ccc(C)cc1)N(S(=O)c1ccc(C)cc1)CC2. The zero-order chi connectivity index (χ0) is 30.7. The summed E-state index contributed by atoms with van der Waals surface area (Å²) in [5, 5.41) is 0. The maximum absolute atomic E-state index is 14.2. The first-order valence-corrected chi connectivity index (χ1v) is 16.3. The topological polar surface area (TPSA) is 74.3 Å². The lowest BCUT2D eigenvalue weighted by atomic mass is 9.89. The van der Waals surface area contributed by atoms with Crippen LogP contribution in [0.2, 0.25) is 0 Å². The van der Waals surface area contributed by atoms with Gasteiger partial charge in [0.15, 0.2) is 23.0 Å². The van der Waals surface area contributed by atoms with Gasteiger partial charge in [-0.2, -0.15) is 0 Å². The van der Waals surface area contributed by atoms with Gasteiger partial charge in [0.1, 0.15) is 11.0 Å². The third kappa shape index (κ3) is 6.20. The third-order valence-corrected chi connectivity index (χ3v) is 10.9. The zero-order valence-electron chi connectivity index (χ0n) is 25.3. The number of rotatable bonds is 10. The van der Waals surface area contributed by atoms with Gasteiger partial charge < -0.3 is 18.9 Å². The first-order chi connectivity index (χ1) is 20.8. The van der Waals surface area contributed by atoms with E-state index in [0.717, 1.165) is 32.7 Å². The Morgan fingerprint density at radius 2 is 1.30 bits per heavy atom. The number of hydrogen-bond donors (Lipinski definition) is 0.